The van der Waals surface area contributed by atoms with Crippen LogP contribution in [-0.2, 0) is 0 Å². The number of aromatic amines is 1. The molecule has 4 nitrogen and oxygen atoms in total. The molecule has 1 N–H and O–H groups in total. The number of rotatable bonds is 3. The summed E-state index contributed by atoms with van der Waals surface area (Å²) in [6, 6.07) is 0.323. The highest BCUT2D eigenvalue weighted by molar-refractivity contribution is 7.71. The zero-order valence-electron chi connectivity index (χ0n) is 11.0. The van der Waals surface area contributed by atoms with E-state index in [4.69, 9.17) is 12.2 Å². The Balaban J connectivity index is 3.00. The quantitative estimate of drug-likeness (QED) is 0.828. The molecule has 92 valence electrons. The molecule has 0 fully saturated rings. The van der Waals surface area contributed by atoms with Gasteiger partial charge in [0, 0.05) is 19.6 Å². The van der Waals surface area contributed by atoms with E-state index in [-0.39, 0.29) is 5.41 Å². The molecule has 1 heterocycles. The van der Waals surface area contributed by atoms with Crippen molar-refractivity contribution in [3.63, 3.8) is 0 Å². The molecular weight excluding hydrogens is 220 g/mol. The molecule has 1 rings (SSSR count). The molecule has 0 atom stereocenters. The first-order valence-corrected chi connectivity index (χ1v) is 6.01. The van der Waals surface area contributed by atoms with Gasteiger partial charge in [-0.15, -0.1) is 5.10 Å². The summed E-state index contributed by atoms with van der Waals surface area (Å²) in [6.45, 7) is 11.8. The van der Waals surface area contributed by atoms with Gasteiger partial charge in [0.2, 0.25) is 5.95 Å². The number of H-pyrrole nitrogens is 1. The predicted octanol–water partition coefficient (Wildman–Crippen LogP) is 3.00. The van der Waals surface area contributed by atoms with Crippen LogP contribution in [0.3, 0.4) is 0 Å². The van der Waals surface area contributed by atoms with Gasteiger partial charge in [0.1, 0.15) is 0 Å². The second-order valence-corrected chi connectivity index (χ2v) is 6.10. The first-order valence-electron chi connectivity index (χ1n) is 5.60. The van der Waals surface area contributed by atoms with Crippen LogP contribution in [0.5, 0.6) is 0 Å². The van der Waals surface area contributed by atoms with Gasteiger partial charge in [0.05, 0.1) is 0 Å². The minimum Gasteiger partial charge on any atom is -0.343 e. The van der Waals surface area contributed by atoms with E-state index in [9.17, 15) is 0 Å². The van der Waals surface area contributed by atoms with Gasteiger partial charge in [0.15, 0.2) is 4.77 Å². The number of hydrogen-bond acceptors (Lipinski definition) is 3. The van der Waals surface area contributed by atoms with Gasteiger partial charge < -0.3 is 4.90 Å². The molecule has 1 aromatic heterocycles. The Morgan fingerprint density at radius 2 is 2.00 bits per heavy atom. The molecule has 0 saturated carbocycles. The lowest BCUT2D eigenvalue weighted by Crippen LogP contribution is -2.31. The van der Waals surface area contributed by atoms with Crippen molar-refractivity contribution < 1.29 is 0 Å². The summed E-state index contributed by atoms with van der Waals surface area (Å²) in [7, 11) is 2.05. The normalized spacial score (nSPS) is 12.2. The summed E-state index contributed by atoms with van der Waals surface area (Å²) in [5, 5.41) is 7.15. The molecule has 0 amide bonds. The van der Waals surface area contributed by atoms with Crippen LogP contribution in [-0.4, -0.2) is 28.4 Å². The molecule has 1 aromatic rings. The summed E-state index contributed by atoms with van der Waals surface area (Å²) >= 11 is 5.23. The lowest BCUT2D eigenvalue weighted by atomic mass is 9.96. The van der Waals surface area contributed by atoms with Crippen molar-refractivity contribution >= 4 is 18.2 Å². The van der Waals surface area contributed by atoms with E-state index < -0.39 is 0 Å². The Morgan fingerprint density at radius 1 is 1.44 bits per heavy atom. The lowest BCUT2D eigenvalue weighted by Gasteiger charge is -2.28. The maximum absolute atomic E-state index is 5.23. The summed E-state index contributed by atoms with van der Waals surface area (Å²) < 4.78 is 2.73. The van der Waals surface area contributed by atoms with Gasteiger partial charge >= 0.3 is 0 Å². The van der Waals surface area contributed by atoms with Crippen molar-refractivity contribution in [3.05, 3.63) is 4.77 Å². The Bertz CT molecular complexity index is 397. The molecule has 16 heavy (non-hydrogen) atoms. The largest absolute Gasteiger partial charge is 0.343 e. The van der Waals surface area contributed by atoms with Crippen molar-refractivity contribution in [2.24, 2.45) is 5.41 Å². The highest BCUT2D eigenvalue weighted by Gasteiger charge is 2.19. The van der Waals surface area contributed by atoms with E-state index in [2.05, 4.69) is 56.8 Å². The summed E-state index contributed by atoms with van der Waals surface area (Å²) in [6.07, 6.45) is 0. The fourth-order valence-electron chi connectivity index (χ4n) is 1.81. The molecule has 0 spiro atoms. The topological polar surface area (TPSA) is 36.9 Å². The fourth-order valence-corrected chi connectivity index (χ4v) is 2.15. The third kappa shape index (κ3) is 3.07. The van der Waals surface area contributed by atoms with Crippen LogP contribution in [0.2, 0.25) is 0 Å². The third-order valence-electron chi connectivity index (χ3n) is 2.26. The maximum atomic E-state index is 5.23. The highest BCUT2D eigenvalue weighted by atomic mass is 32.1. The molecule has 0 bridgehead atoms. The van der Waals surface area contributed by atoms with Gasteiger partial charge in [0.25, 0.3) is 0 Å². The van der Waals surface area contributed by atoms with E-state index in [1.165, 1.54) is 0 Å². The minimum atomic E-state index is 0.240. The van der Waals surface area contributed by atoms with Crippen LogP contribution >= 0.6 is 12.2 Å². The Kier molecular flexibility index (Phi) is 3.78. The Hall–Kier alpha value is -0.840. The van der Waals surface area contributed by atoms with E-state index in [1.54, 1.807) is 0 Å². The smallest absolute Gasteiger partial charge is 0.225 e. The molecule has 0 aliphatic heterocycles. The Labute approximate surface area is 103 Å². The number of nitrogens with zero attached hydrogens (tertiary/aromatic N) is 3. The zero-order valence-corrected chi connectivity index (χ0v) is 11.9. The zero-order chi connectivity index (χ0) is 12.5. The average Bonchev–Trinajstić information content (AvgIpc) is 2.43. The molecule has 5 heteroatoms. The van der Waals surface area contributed by atoms with Crippen molar-refractivity contribution in [1.29, 1.82) is 0 Å². The molecular formula is C11H22N4S. The van der Waals surface area contributed by atoms with Gasteiger partial charge in [-0.2, -0.15) is 0 Å². The molecule has 0 radical (unpaired) electrons. The van der Waals surface area contributed by atoms with Crippen LogP contribution in [0.15, 0.2) is 0 Å². The predicted molar refractivity (Wildman–Crippen MR) is 70.5 cm³/mol. The standard InChI is InChI=1S/C11H22N4S/c1-8(2)15-9(12-13-10(15)16)14(6)7-11(3,4)5/h8H,7H2,1-6H3,(H,13,16). The fraction of sp³-hybridized carbons (Fsp3) is 0.818. The first kappa shape index (κ1) is 13.2. The SMILES string of the molecule is CC(C)n1c(N(C)CC(C)(C)C)n[nH]c1=S. The van der Waals surface area contributed by atoms with E-state index in [1.807, 2.05) is 4.57 Å². The highest BCUT2D eigenvalue weighted by Crippen LogP contribution is 2.21. The molecule has 0 saturated heterocycles. The third-order valence-corrected chi connectivity index (χ3v) is 2.54. The number of hydrogen-bond donors (Lipinski definition) is 1. The van der Waals surface area contributed by atoms with Crippen molar-refractivity contribution in [2.75, 3.05) is 18.5 Å². The molecule has 0 aromatic carbocycles. The first-order chi connectivity index (χ1) is 7.22. The molecule has 0 aliphatic rings. The number of nitrogens with one attached hydrogen (secondary N) is 1. The van der Waals surface area contributed by atoms with E-state index >= 15 is 0 Å². The van der Waals surface area contributed by atoms with Gasteiger partial charge in [-0.05, 0) is 31.5 Å². The van der Waals surface area contributed by atoms with Gasteiger partial charge in [-0.3, -0.25) is 4.57 Å². The van der Waals surface area contributed by atoms with Crippen molar-refractivity contribution in [1.82, 2.24) is 14.8 Å². The van der Waals surface area contributed by atoms with Crippen LogP contribution in [0.25, 0.3) is 0 Å². The van der Waals surface area contributed by atoms with Crippen molar-refractivity contribution in [2.45, 2.75) is 40.7 Å². The monoisotopic (exact) mass is 242 g/mol. The second kappa shape index (κ2) is 4.57. The lowest BCUT2D eigenvalue weighted by molar-refractivity contribution is 0.412. The van der Waals surface area contributed by atoms with Crippen molar-refractivity contribution in [3.8, 4) is 0 Å². The van der Waals surface area contributed by atoms with Crippen LogP contribution in [0.4, 0.5) is 5.95 Å². The summed E-state index contributed by atoms with van der Waals surface area (Å²) in [4.78, 5) is 2.15. The maximum Gasteiger partial charge on any atom is 0.225 e. The number of anilines is 1. The van der Waals surface area contributed by atoms with E-state index in [0.717, 1.165) is 12.5 Å². The van der Waals surface area contributed by atoms with Crippen LogP contribution < -0.4 is 4.90 Å². The second-order valence-electron chi connectivity index (χ2n) is 5.71. The Morgan fingerprint density at radius 3 is 2.44 bits per heavy atom. The summed E-state index contributed by atoms with van der Waals surface area (Å²) in [5.74, 6) is 0.912. The average molecular weight is 242 g/mol. The van der Waals surface area contributed by atoms with E-state index in [0.29, 0.717) is 10.8 Å². The number of aromatic nitrogens is 3. The minimum absolute atomic E-state index is 0.240. The van der Waals surface area contributed by atoms with Crippen LogP contribution in [0, 0.1) is 10.2 Å². The molecule has 0 unspecified atom stereocenters. The summed E-state index contributed by atoms with van der Waals surface area (Å²) in [5.41, 5.74) is 0.240. The van der Waals surface area contributed by atoms with Crippen LogP contribution in [0.1, 0.15) is 40.7 Å². The van der Waals surface area contributed by atoms with Gasteiger partial charge in [-0.25, -0.2) is 5.10 Å². The molecule has 0 aliphatic carbocycles. The van der Waals surface area contributed by atoms with Gasteiger partial charge in [-0.1, -0.05) is 20.8 Å².